The van der Waals surface area contributed by atoms with Gasteiger partial charge in [-0.3, -0.25) is 9.78 Å². The van der Waals surface area contributed by atoms with E-state index in [-0.39, 0.29) is 12.2 Å². The van der Waals surface area contributed by atoms with Crippen molar-refractivity contribution in [2.24, 2.45) is 5.73 Å². The summed E-state index contributed by atoms with van der Waals surface area (Å²) in [6.07, 6.45) is 1.41. The number of rotatable bonds is 5. The summed E-state index contributed by atoms with van der Waals surface area (Å²) in [5.74, 6) is -1.07. The fourth-order valence-electron chi connectivity index (χ4n) is 1.97. The van der Waals surface area contributed by atoms with Crippen LogP contribution in [0.5, 0.6) is 0 Å². The van der Waals surface area contributed by atoms with Gasteiger partial charge in [-0.15, -0.1) is 0 Å². The van der Waals surface area contributed by atoms with E-state index >= 15 is 0 Å². The highest BCUT2D eigenvalue weighted by molar-refractivity contribution is 6.31. The zero-order valence-corrected chi connectivity index (χ0v) is 13.0. The van der Waals surface area contributed by atoms with Crippen molar-refractivity contribution in [3.8, 4) is 0 Å². The van der Waals surface area contributed by atoms with Crippen LogP contribution >= 0.6 is 11.6 Å². The number of pyridine rings is 1. The second-order valence-corrected chi connectivity index (χ2v) is 5.13. The molecule has 0 saturated carbocycles. The van der Waals surface area contributed by atoms with Gasteiger partial charge in [-0.2, -0.15) is 0 Å². The molecule has 0 saturated heterocycles. The lowest BCUT2D eigenvalue weighted by atomic mass is 10.1. The number of nitrogens with two attached hydrogens (primary N) is 1. The highest BCUT2D eigenvalue weighted by Crippen LogP contribution is 2.29. The molecule has 0 fully saturated rings. The maximum absolute atomic E-state index is 12.1. The number of esters is 1. The van der Waals surface area contributed by atoms with Crippen molar-refractivity contribution < 1.29 is 14.3 Å². The van der Waals surface area contributed by atoms with Crippen LogP contribution in [0.1, 0.15) is 24.2 Å². The molecule has 1 atom stereocenters. The molecule has 22 heavy (non-hydrogen) atoms. The van der Waals surface area contributed by atoms with Crippen LogP contribution in [0.15, 0.2) is 24.4 Å². The van der Waals surface area contributed by atoms with Gasteiger partial charge in [0.1, 0.15) is 11.6 Å². The Morgan fingerprint density at radius 2 is 2.18 bits per heavy atom. The van der Waals surface area contributed by atoms with Gasteiger partial charge in [-0.05, 0) is 32.0 Å². The number of halogens is 1. The predicted molar refractivity (Wildman–Crippen MR) is 85.0 cm³/mol. The number of hydrogen-bond donors (Lipinski definition) is 2. The molecule has 1 heterocycles. The number of carbonyl (C=O) groups excluding carboxylic acids is 2. The van der Waals surface area contributed by atoms with Crippen LogP contribution in [-0.2, 0) is 9.53 Å². The number of hydrogen-bond acceptors (Lipinski definition) is 5. The van der Waals surface area contributed by atoms with Crippen LogP contribution < -0.4 is 11.1 Å². The number of primary amides is 1. The van der Waals surface area contributed by atoms with Crippen LogP contribution in [0.3, 0.4) is 0 Å². The third kappa shape index (κ3) is 3.28. The van der Waals surface area contributed by atoms with E-state index in [2.05, 4.69) is 10.3 Å². The lowest BCUT2D eigenvalue weighted by Crippen LogP contribution is -2.33. The molecule has 0 radical (unpaired) electrons. The van der Waals surface area contributed by atoms with Crippen molar-refractivity contribution in [2.75, 3.05) is 11.9 Å². The van der Waals surface area contributed by atoms with Gasteiger partial charge in [0.25, 0.3) is 0 Å². The molecule has 1 amide bonds. The van der Waals surface area contributed by atoms with E-state index in [0.717, 1.165) is 0 Å². The number of amides is 1. The SMILES string of the molecule is CCOC(=O)c1cnc2ccc(Cl)cc2c1NC(C)C(N)=O. The monoisotopic (exact) mass is 321 g/mol. The zero-order valence-electron chi connectivity index (χ0n) is 12.2. The van der Waals surface area contributed by atoms with Gasteiger partial charge in [0.05, 0.1) is 17.8 Å². The smallest absolute Gasteiger partial charge is 0.341 e. The van der Waals surface area contributed by atoms with Crippen LogP contribution in [0.4, 0.5) is 5.69 Å². The summed E-state index contributed by atoms with van der Waals surface area (Å²) in [5.41, 5.74) is 6.57. The molecule has 116 valence electrons. The molecule has 1 aromatic carbocycles. The minimum atomic E-state index is -0.669. The molecule has 7 heteroatoms. The Labute approximate surface area is 132 Å². The Kier molecular flexibility index (Phi) is 4.82. The van der Waals surface area contributed by atoms with E-state index in [0.29, 0.717) is 21.6 Å². The first-order valence-electron chi connectivity index (χ1n) is 6.75. The predicted octanol–water partition coefficient (Wildman–Crippen LogP) is 2.35. The fraction of sp³-hybridized carbons (Fsp3) is 0.267. The van der Waals surface area contributed by atoms with Gasteiger partial charge in [-0.25, -0.2) is 4.79 Å². The van der Waals surface area contributed by atoms with Gasteiger partial charge in [-0.1, -0.05) is 11.6 Å². The molecular formula is C15H16ClN3O3. The van der Waals surface area contributed by atoms with Gasteiger partial charge in [0.15, 0.2) is 0 Å². The Morgan fingerprint density at radius 1 is 1.45 bits per heavy atom. The van der Waals surface area contributed by atoms with E-state index in [1.807, 2.05) is 0 Å². The third-order valence-corrected chi connectivity index (χ3v) is 3.35. The number of benzene rings is 1. The maximum atomic E-state index is 12.1. The standard InChI is InChI=1S/C15H16ClN3O3/c1-3-22-15(21)11-7-18-12-5-4-9(16)6-10(12)13(11)19-8(2)14(17)20/h4-8H,3H2,1-2H3,(H2,17,20)(H,18,19). The Hall–Kier alpha value is -2.34. The summed E-state index contributed by atoms with van der Waals surface area (Å²) in [6, 6.07) is 4.43. The molecule has 1 aromatic heterocycles. The van der Waals surface area contributed by atoms with Gasteiger partial charge >= 0.3 is 5.97 Å². The summed E-state index contributed by atoms with van der Waals surface area (Å²) in [7, 11) is 0. The van der Waals surface area contributed by atoms with E-state index in [9.17, 15) is 9.59 Å². The number of fused-ring (bicyclic) bond motifs is 1. The minimum absolute atomic E-state index is 0.227. The molecule has 2 rings (SSSR count). The van der Waals surface area contributed by atoms with E-state index < -0.39 is 17.9 Å². The quantitative estimate of drug-likeness (QED) is 0.824. The van der Waals surface area contributed by atoms with Crippen molar-refractivity contribution in [1.82, 2.24) is 4.98 Å². The molecule has 0 aliphatic carbocycles. The summed E-state index contributed by atoms with van der Waals surface area (Å²) in [5, 5.41) is 4.05. The fourth-order valence-corrected chi connectivity index (χ4v) is 2.14. The van der Waals surface area contributed by atoms with E-state index in [1.54, 1.807) is 32.0 Å². The number of aromatic nitrogens is 1. The second-order valence-electron chi connectivity index (χ2n) is 4.70. The Bertz CT molecular complexity index is 733. The molecule has 0 aliphatic rings. The molecule has 3 N–H and O–H groups in total. The minimum Gasteiger partial charge on any atom is -0.462 e. The number of anilines is 1. The Balaban J connectivity index is 2.62. The summed E-state index contributed by atoms with van der Waals surface area (Å²) in [4.78, 5) is 27.6. The molecule has 0 aliphatic heterocycles. The molecular weight excluding hydrogens is 306 g/mol. The first kappa shape index (κ1) is 16.0. The Morgan fingerprint density at radius 3 is 2.82 bits per heavy atom. The maximum Gasteiger partial charge on any atom is 0.341 e. The molecule has 0 spiro atoms. The molecule has 6 nitrogen and oxygen atoms in total. The first-order valence-corrected chi connectivity index (χ1v) is 7.13. The lowest BCUT2D eigenvalue weighted by molar-refractivity contribution is -0.118. The van der Waals surface area contributed by atoms with Crippen LogP contribution in [0, 0.1) is 0 Å². The lowest BCUT2D eigenvalue weighted by Gasteiger charge is -2.17. The van der Waals surface area contributed by atoms with Crippen LogP contribution in [-0.4, -0.2) is 29.5 Å². The summed E-state index contributed by atoms with van der Waals surface area (Å²) >= 11 is 6.02. The highest BCUT2D eigenvalue weighted by Gasteiger charge is 2.19. The van der Waals surface area contributed by atoms with E-state index in [1.165, 1.54) is 6.20 Å². The largest absolute Gasteiger partial charge is 0.462 e. The third-order valence-electron chi connectivity index (χ3n) is 3.11. The topological polar surface area (TPSA) is 94.3 Å². The summed E-state index contributed by atoms with van der Waals surface area (Å²) < 4.78 is 5.02. The average molecular weight is 322 g/mol. The van der Waals surface area contributed by atoms with Crippen LogP contribution in [0.25, 0.3) is 10.9 Å². The molecule has 2 aromatic rings. The van der Waals surface area contributed by atoms with Gasteiger partial charge in [0.2, 0.25) is 5.91 Å². The second kappa shape index (κ2) is 6.62. The van der Waals surface area contributed by atoms with Crippen molar-refractivity contribution in [3.63, 3.8) is 0 Å². The van der Waals surface area contributed by atoms with Crippen molar-refractivity contribution in [3.05, 3.63) is 35.0 Å². The first-order chi connectivity index (χ1) is 10.4. The van der Waals surface area contributed by atoms with Gasteiger partial charge < -0.3 is 15.8 Å². The molecule has 0 bridgehead atoms. The number of nitrogens with zero attached hydrogens (tertiary/aromatic N) is 1. The van der Waals surface area contributed by atoms with Gasteiger partial charge in [0, 0.05) is 16.6 Å². The average Bonchev–Trinajstić information content (AvgIpc) is 2.47. The van der Waals surface area contributed by atoms with Crippen LogP contribution in [0.2, 0.25) is 5.02 Å². The highest BCUT2D eigenvalue weighted by atomic mass is 35.5. The van der Waals surface area contributed by atoms with Crippen molar-refractivity contribution in [2.45, 2.75) is 19.9 Å². The number of carbonyl (C=O) groups is 2. The summed E-state index contributed by atoms with van der Waals surface area (Å²) in [6.45, 7) is 3.55. The van der Waals surface area contributed by atoms with E-state index in [4.69, 9.17) is 22.1 Å². The zero-order chi connectivity index (χ0) is 16.3. The normalized spacial score (nSPS) is 12.0. The number of nitrogens with one attached hydrogen (secondary N) is 1. The molecule has 1 unspecified atom stereocenters. The van der Waals surface area contributed by atoms with Crippen molar-refractivity contribution >= 4 is 40.1 Å². The van der Waals surface area contributed by atoms with Crippen molar-refractivity contribution in [1.29, 1.82) is 0 Å². The number of ether oxygens (including phenoxy) is 1.